The van der Waals surface area contributed by atoms with Gasteiger partial charge in [0, 0.05) is 37.4 Å². The monoisotopic (exact) mass is 709 g/mol. The number of para-hydroxylation sites is 2. The molecule has 0 atom stereocenters. The Balaban J connectivity index is 0.000000196. The van der Waals surface area contributed by atoms with Crippen molar-refractivity contribution in [3.63, 3.8) is 0 Å². The predicted octanol–water partition coefficient (Wildman–Crippen LogP) is 7.12. The van der Waals surface area contributed by atoms with Gasteiger partial charge in [0.1, 0.15) is 11.1 Å². The molecule has 0 bridgehead atoms. The Labute approximate surface area is 248 Å². The van der Waals surface area contributed by atoms with E-state index >= 15 is 0 Å². The van der Waals surface area contributed by atoms with Crippen LogP contribution in [0.25, 0.3) is 61.4 Å². The molecule has 1 radical (unpaired) electrons. The van der Waals surface area contributed by atoms with Crippen molar-refractivity contribution < 1.29 is 24.5 Å². The van der Waals surface area contributed by atoms with Crippen LogP contribution >= 0.6 is 0 Å². The first-order valence-electron chi connectivity index (χ1n) is 12.7. The van der Waals surface area contributed by atoms with E-state index in [2.05, 4.69) is 38.6 Å². The van der Waals surface area contributed by atoms with Gasteiger partial charge in [0.2, 0.25) is 0 Å². The Hall–Kier alpha value is -5.04. The van der Waals surface area contributed by atoms with Crippen LogP contribution in [0.4, 0.5) is 0 Å². The summed E-state index contributed by atoms with van der Waals surface area (Å²) in [6.07, 6.45) is 3.46. The number of fused-ring (bicyclic) bond motifs is 4. The van der Waals surface area contributed by atoms with E-state index in [-0.39, 0.29) is 20.1 Å². The number of aromatic nitrogens is 6. The van der Waals surface area contributed by atoms with Gasteiger partial charge >= 0.3 is 0 Å². The summed E-state index contributed by atoms with van der Waals surface area (Å²) in [6.45, 7) is 0. The zero-order chi connectivity index (χ0) is 26.7. The number of hydrogen-bond acceptors (Lipinski definition) is 6. The molecular formula is C33H20IrN6O-2. The van der Waals surface area contributed by atoms with Crippen molar-refractivity contribution in [1.29, 1.82) is 0 Å². The van der Waals surface area contributed by atoms with Crippen LogP contribution in [-0.2, 0) is 20.1 Å². The first-order valence-corrected chi connectivity index (χ1v) is 12.7. The maximum Gasteiger partial charge on any atom is 0.194 e. The molecule has 8 rings (SSSR count). The van der Waals surface area contributed by atoms with Crippen LogP contribution in [0.2, 0.25) is 0 Å². The number of imidazole rings is 1. The quantitative estimate of drug-likeness (QED) is 0.182. The van der Waals surface area contributed by atoms with Gasteiger partial charge < -0.3 is 14.0 Å². The molecule has 0 N–H and O–H groups in total. The number of rotatable bonds is 3. The van der Waals surface area contributed by atoms with Crippen molar-refractivity contribution in [3.05, 3.63) is 134 Å². The third kappa shape index (κ3) is 5.02. The van der Waals surface area contributed by atoms with E-state index in [0.29, 0.717) is 11.5 Å². The van der Waals surface area contributed by atoms with Crippen LogP contribution in [0.1, 0.15) is 0 Å². The summed E-state index contributed by atoms with van der Waals surface area (Å²) in [5.41, 5.74) is 6.62. The maximum atomic E-state index is 6.19. The van der Waals surface area contributed by atoms with Crippen LogP contribution in [0.3, 0.4) is 0 Å². The Morgan fingerprint density at radius 2 is 1.56 bits per heavy atom. The van der Waals surface area contributed by atoms with Gasteiger partial charge in [0.05, 0.1) is 17.6 Å². The SMILES string of the molecule is [Ir].[c-]1ccc2c(oc3ccccc32)c1-c1nc2nnncc2n1-c1ccccc1.[c-]1ccccc1-c1ccccn1. The second-order valence-corrected chi connectivity index (χ2v) is 8.93. The van der Waals surface area contributed by atoms with Crippen molar-refractivity contribution in [2.75, 3.05) is 0 Å². The molecule has 0 unspecified atom stereocenters. The van der Waals surface area contributed by atoms with Crippen LogP contribution in [0.5, 0.6) is 0 Å². The van der Waals surface area contributed by atoms with Crippen molar-refractivity contribution in [2.45, 2.75) is 0 Å². The van der Waals surface area contributed by atoms with E-state index in [0.717, 1.165) is 50.0 Å². The van der Waals surface area contributed by atoms with Crippen LogP contribution in [0.15, 0.2) is 126 Å². The topological polar surface area (TPSA) is 82.5 Å². The Morgan fingerprint density at radius 3 is 2.39 bits per heavy atom. The van der Waals surface area contributed by atoms with Gasteiger partial charge in [-0.2, -0.15) is 0 Å². The molecule has 4 heterocycles. The molecule has 0 saturated heterocycles. The van der Waals surface area contributed by atoms with E-state index in [1.807, 2.05) is 108 Å². The minimum atomic E-state index is 0. The maximum absolute atomic E-state index is 6.19. The summed E-state index contributed by atoms with van der Waals surface area (Å²) in [6, 6.07) is 42.0. The molecule has 0 amide bonds. The van der Waals surface area contributed by atoms with Gasteiger partial charge in [0.25, 0.3) is 0 Å². The smallest absolute Gasteiger partial charge is 0.194 e. The zero-order valence-corrected chi connectivity index (χ0v) is 23.9. The fourth-order valence-corrected chi connectivity index (χ4v) is 4.70. The molecule has 0 fully saturated rings. The van der Waals surface area contributed by atoms with E-state index in [4.69, 9.17) is 9.40 Å². The molecule has 7 nitrogen and oxygen atoms in total. The standard InChI is InChI=1S/C22H12N5O.C11H8N.Ir/c1-2-7-14(8-3-1)27-18-13-23-26-25-21(18)24-22(27)17-11-6-10-16-15-9-4-5-12-19(15)28-20(16)17;1-2-6-10(7-3-1)11-8-4-5-9-12-11;/h1-10,12-13H;1-6,8-9H;/q2*-1;. The van der Waals surface area contributed by atoms with Crippen molar-refractivity contribution in [2.24, 2.45) is 0 Å². The summed E-state index contributed by atoms with van der Waals surface area (Å²) in [4.78, 5) is 8.96. The molecule has 0 aliphatic heterocycles. The van der Waals surface area contributed by atoms with E-state index in [1.165, 1.54) is 0 Å². The molecule has 41 heavy (non-hydrogen) atoms. The molecule has 199 valence electrons. The van der Waals surface area contributed by atoms with Gasteiger partial charge in [0.15, 0.2) is 5.65 Å². The normalized spacial score (nSPS) is 10.7. The van der Waals surface area contributed by atoms with Crippen LogP contribution in [-0.4, -0.2) is 29.9 Å². The van der Waals surface area contributed by atoms with E-state index in [1.54, 1.807) is 12.4 Å². The van der Waals surface area contributed by atoms with E-state index in [9.17, 15) is 0 Å². The number of furan rings is 1. The summed E-state index contributed by atoms with van der Waals surface area (Å²) < 4.78 is 8.20. The third-order valence-corrected chi connectivity index (χ3v) is 6.49. The second-order valence-electron chi connectivity index (χ2n) is 8.93. The Bertz CT molecular complexity index is 2020. The van der Waals surface area contributed by atoms with Gasteiger partial charge in [-0.15, -0.1) is 64.3 Å². The molecule has 8 aromatic rings. The summed E-state index contributed by atoms with van der Waals surface area (Å²) in [7, 11) is 0. The van der Waals surface area contributed by atoms with Crippen LogP contribution in [0, 0.1) is 12.1 Å². The Kier molecular flexibility index (Phi) is 7.41. The van der Waals surface area contributed by atoms with Gasteiger partial charge in [-0.3, -0.25) is 4.98 Å². The summed E-state index contributed by atoms with van der Waals surface area (Å²) >= 11 is 0. The summed E-state index contributed by atoms with van der Waals surface area (Å²) in [5, 5.41) is 13.9. The molecule has 0 saturated carbocycles. The fourth-order valence-electron chi connectivity index (χ4n) is 4.70. The first kappa shape index (κ1) is 26.2. The van der Waals surface area contributed by atoms with Crippen molar-refractivity contribution >= 4 is 33.1 Å². The molecule has 0 aliphatic carbocycles. The van der Waals surface area contributed by atoms with Gasteiger partial charge in [-0.05, 0) is 35.2 Å². The fraction of sp³-hybridized carbons (Fsp3) is 0. The average molecular weight is 709 g/mol. The molecule has 8 heteroatoms. The largest absolute Gasteiger partial charge is 0.501 e. The number of nitrogens with zero attached hydrogens (tertiary/aromatic N) is 6. The minimum absolute atomic E-state index is 0. The zero-order valence-electron chi connectivity index (χ0n) is 21.5. The summed E-state index contributed by atoms with van der Waals surface area (Å²) in [5.74, 6) is 0.688. The molecule has 4 aromatic carbocycles. The Morgan fingerprint density at radius 1 is 0.732 bits per heavy atom. The number of hydrogen-bond donors (Lipinski definition) is 0. The van der Waals surface area contributed by atoms with Crippen LogP contribution < -0.4 is 0 Å². The predicted molar refractivity (Wildman–Crippen MR) is 155 cm³/mol. The number of benzene rings is 4. The molecule has 0 aliphatic rings. The van der Waals surface area contributed by atoms with E-state index < -0.39 is 0 Å². The molecule has 4 aromatic heterocycles. The minimum Gasteiger partial charge on any atom is -0.501 e. The van der Waals surface area contributed by atoms with Gasteiger partial charge in [-0.1, -0.05) is 59.5 Å². The average Bonchev–Trinajstić information content (AvgIpc) is 3.62. The molecular weight excluding hydrogens is 689 g/mol. The van der Waals surface area contributed by atoms with Gasteiger partial charge in [-0.25, -0.2) is 0 Å². The second kappa shape index (κ2) is 11.6. The molecule has 0 spiro atoms. The first-order chi connectivity index (χ1) is 19.9. The number of pyridine rings is 1. The van der Waals surface area contributed by atoms with Crippen molar-refractivity contribution in [1.82, 2.24) is 29.9 Å². The van der Waals surface area contributed by atoms with Crippen molar-refractivity contribution in [3.8, 4) is 28.3 Å². The third-order valence-electron chi connectivity index (χ3n) is 6.49.